The SMILES string of the molecule is Cc1ccc(S(=O)(=O)Nc2cccc3c2O[C@@H](CN(C)C(=O)Nc2ccc4c(c2)OCO4)[C@H](C)CN([C@@H](C)CO)C3=O)cc1. The molecule has 0 saturated carbocycles. The Morgan fingerprint density at radius 1 is 1.11 bits per heavy atom. The molecule has 0 saturated heterocycles. The van der Waals surface area contributed by atoms with E-state index >= 15 is 0 Å². The predicted octanol–water partition coefficient (Wildman–Crippen LogP) is 3.91. The van der Waals surface area contributed by atoms with Crippen LogP contribution in [-0.4, -0.2) is 80.9 Å². The lowest BCUT2D eigenvalue weighted by Gasteiger charge is -2.38. The van der Waals surface area contributed by atoms with Gasteiger partial charge in [-0.3, -0.25) is 9.52 Å². The zero-order valence-electron chi connectivity index (χ0n) is 24.9. The maximum absolute atomic E-state index is 13.7. The maximum atomic E-state index is 13.7. The molecule has 0 radical (unpaired) electrons. The fourth-order valence-electron chi connectivity index (χ4n) is 5.01. The molecule has 0 aromatic heterocycles. The van der Waals surface area contributed by atoms with E-state index in [-0.39, 0.29) is 54.3 Å². The summed E-state index contributed by atoms with van der Waals surface area (Å²) >= 11 is 0. The number of carbonyl (C=O) groups excluding carboxylic acids is 2. The molecule has 5 rings (SSSR count). The molecule has 0 aliphatic carbocycles. The number of aliphatic hydroxyl groups excluding tert-OH is 1. The van der Waals surface area contributed by atoms with E-state index in [4.69, 9.17) is 14.2 Å². The summed E-state index contributed by atoms with van der Waals surface area (Å²) in [4.78, 5) is 30.0. The van der Waals surface area contributed by atoms with Crippen LogP contribution >= 0.6 is 0 Å². The van der Waals surface area contributed by atoms with Crippen LogP contribution < -0.4 is 24.2 Å². The Hall–Kier alpha value is -4.49. The summed E-state index contributed by atoms with van der Waals surface area (Å²) < 4.78 is 46.4. The molecule has 0 bridgehead atoms. The van der Waals surface area contributed by atoms with E-state index in [2.05, 4.69) is 10.0 Å². The fraction of sp³-hybridized carbons (Fsp3) is 0.355. The van der Waals surface area contributed by atoms with Crippen molar-refractivity contribution in [1.29, 1.82) is 0 Å². The van der Waals surface area contributed by atoms with Crippen molar-refractivity contribution >= 4 is 33.3 Å². The van der Waals surface area contributed by atoms with Gasteiger partial charge in [0.05, 0.1) is 35.3 Å². The minimum Gasteiger partial charge on any atom is -0.485 e. The zero-order chi connectivity index (χ0) is 31.6. The number of sulfonamides is 1. The minimum atomic E-state index is -4.03. The number of benzene rings is 3. The van der Waals surface area contributed by atoms with E-state index in [1.807, 2.05) is 13.8 Å². The number of likely N-dealkylation sites (N-methyl/N-ethyl adjacent to an activating group) is 1. The van der Waals surface area contributed by atoms with Crippen LogP contribution in [0.4, 0.5) is 16.2 Å². The maximum Gasteiger partial charge on any atom is 0.321 e. The van der Waals surface area contributed by atoms with Crippen LogP contribution in [0.5, 0.6) is 17.2 Å². The van der Waals surface area contributed by atoms with E-state index in [1.165, 1.54) is 23.1 Å². The van der Waals surface area contributed by atoms with Crippen molar-refractivity contribution in [2.45, 2.75) is 37.8 Å². The molecule has 2 aliphatic heterocycles. The topological polar surface area (TPSA) is 147 Å². The Kier molecular flexibility index (Phi) is 8.88. The lowest BCUT2D eigenvalue weighted by atomic mass is 9.99. The first-order valence-electron chi connectivity index (χ1n) is 14.2. The van der Waals surface area contributed by atoms with E-state index < -0.39 is 34.1 Å². The number of aliphatic hydroxyl groups is 1. The third-order valence-corrected chi connectivity index (χ3v) is 9.07. The van der Waals surface area contributed by atoms with Gasteiger partial charge in [-0.25, -0.2) is 13.2 Å². The number of fused-ring (bicyclic) bond motifs is 2. The molecule has 3 aromatic carbocycles. The van der Waals surface area contributed by atoms with Crippen LogP contribution in [0.15, 0.2) is 65.6 Å². The number of rotatable bonds is 8. The largest absolute Gasteiger partial charge is 0.485 e. The van der Waals surface area contributed by atoms with Crippen LogP contribution in [0.3, 0.4) is 0 Å². The summed E-state index contributed by atoms with van der Waals surface area (Å²) in [6.45, 7) is 5.65. The quantitative estimate of drug-likeness (QED) is 0.342. The highest BCUT2D eigenvalue weighted by Gasteiger charge is 2.35. The first-order valence-corrected chi connectivity index (χ1v) is 15.7. The van der Waals surface area contributed by atoms with Gasteiger partial charge in [-0.15, -0.1) is 0 Å². The number of anilines is 2. The Bertz CT molecular complexity index is 1650. The Labute approximate surface area is 256 Å². The molecule has 44 heavy (non-hydrogen) atoms. The van der Waals surface area contributed by atoms with Crippen molar-refractivity contribution in [2.75, 3.05) is 43.6 Å². The Balaban J connectivity index is 1.44. The van der Waals surface area contributed by atoms with Crippen molar-refractivity contribution < 1.29 is 37.3 Å². The molecule has 3 atom stereocenters. The summed E-state index contributed by atoms with van der Waals surface area (Å²) in [5.74, 6) is 0.449. The molecule has 2 aliphatic rings. The van der Waals surface area contributed by atoms with Gasteiger partial charge in [0.25, 0.3) is 15.9 Å². The summed E-state index contributed by atoms with van der Waals surface area (Å²) in [5.41, 5.74) is 1.65. The third kappa shape index (κ3) is 6.53. The Morgan fingerprint density at radius 3 is 2.57 bits per heavy atom. The number of nitrogens with zero attached hydrogens (tertiary/aromatic N) is 2. The molecule has 0 spiro atoms. The first kappa shape index (κ1) is 31.0. The Morgan fingerprint density at radius 2 is 1.84 bits per heavy atom. The molecule has 13 heteroatoms. The van der Waals surface area contributed by atoms with Crippen molar-refractivity contribution in [3.05, 3.63) is 71.8 Å². The number of nitrogens with one attached hydrogen (secondary N) is 2. The number of para-hydroxylation sites is 1. The standard InChI is InChI=1S/C31H36N4O8S/c1-19-8-11-23(12-9-19)44(39,40)33-25-7-5-6-24-29(25)43-28(20(2)15-35(30(24)37)21(3)17-36)16-34(4)31(38)32-22-10-13-26-27(14-22)42-18-41-26/h5-14,20-21,28,33,36H,15-18H2,1-4H3,(H,32,38)/t20-,21+,28+/m1/s1. The number of aryl methyl sites for hydroxylation is 1. The lowest BCUT2D eigenvalue weighted by molar-refractivity contribution is 0.0373. The molecule has 12 nitrogen and oxygen atoms in total. The average Bonchev–Trinajstić information content (AvgIpc) is 3.47. The molecule has 3 amide bonds. The summed E-state index contributed by atoms with van der Waals surface area (Å²) in [6, 6.07) is 15.2. The number of hydrogen-bond donors (Lipinski definition) is 3. The number of amides is 3. The van der Waals surface area contributed by atoms with Gasteiger partial charge in [-0.05, 0) is 50.2 Å². The van der Waals surface area contributed by atoms with Gasteiger partial charge < -0.3 is 34.4 Å². The van der Waals surface area contributed by atoms with Crippen molar-refractivity contribution in [3.8, 4) is 17.2 Å². The van der Waals surface area contributed by atoms with Gasteiger partial charge in [0, 0.05) is 31.3 Å². The minimum absolute atomic E-state index is 0.0458. The van der Waals surface area contributed by atoms with E-state index in [0.29, 0.717) is 17.2 Å². The molecular weight excluding hydrogens is 588 g/mol. The second-order valence-corrected chi connectivity index (χ2v) is 12.8. The van der Waals surface area contributed by atoms with Crippen LogP contribution in [0.2, 0.25) is 0 Å². The van der Waals surface area contributed by atoms with Crippen LogP contribution in [-0.2, 0) is 10.0 Å². The van der Waals surface area contributed by atoms with Crippen LogP contribution in [0.25, 0.3) is 0 Å². The van der Waals surface area contributed by atoms with Gasteiger partial charge in [0.2, 0.25) is 6.79 Å². The smallest absolute Gasteiger partial charge is 0.321 e. The van der Waals surface area contributed by atoms with E-state index in [0.717, 1.165) is 5.56 Å². The highest BCUT2D eigenvalue weighted by Crippen LogP contribution is 2.37. The molecule has 3 aromatic rings. The molecule has 0 unspecified atom stereocenters. The molecular formula is C31H36N4O8S. The van der Waals surface area contributed by atoms with Crippen molar-refractivity contribution in [1.82, 2.24) is 9.80 Å². The molecule has 0 fully saturated rings. The highest BCUT2D eigenvalue weighted by molar-refractivity contribution is 7.92. The number of hydrogen-bond acceptors (Lipinski definition) is 8. The highest BCUT2D eigenvalue weighted by atomic mass is 32.2. The van der Waals surface area contributed by atoms with Crippen LogP contribution in [0.1, 0.15) is 29.8 Å². The first-order chi connectivity index (χ1) is 21.0. The van der Waals surface area contributed by atoms with E-state index in [1.54, 1.807) is 61.3 Å². The predicted molar refractivity (Wildman–Crippen MR) is 164 cm³/mol. The molecule has 2 heterocycles. The van der Waals surface area contributed by atoms with E-state index in [9.17, 15) is 23.1 Å². The normalized spacial score (nSPS) is 18.4. The molecule has 234 valence electrons. The van der Waals surface area contributed by atoms with Crippen molar-refractivity contribution in [2.24, 2.45) is 5.92 Å². The van der Waals surface area contributed by atoms with Crippen LogP contribution in [0, 0.1) is 12.8 Å². The summed E-state index contributed by atoms with van der Waals surface area (Å²) in [6.07, 6.45) is -0.659. The van der Waals surface area contributed by atoms with Gasteiger partial charge in [0.15, 0.2) is 17.2 Å². The third-order valence-electron chi connectivity index (χ3n) is 7.69. The summed E-state index contributed by atoms with van der Waals surface area (Å²) in [5, 5.41) is 12.8. The monoisotopic (exact) mass is 624 g/mol. The second kappa shape index (κ2) is 12.6. The van der Waals surface area contributed by atoms with Crippen molar-refractivity contribution in [3.63, 3.8) is 0 Å². The molecule has 3 N–H and O–H groups in total. The second-order valence-electron chi connectivity index (χ2n) is 11.1. The number of carbonyl (C=O) groups is 2. The van der Waals surface area contributed by atoms with Gasteiger partial charge in [-0.1, -0.05) is 30.7 Å². The number of urea groups is 1. The van der Waals surface area contributed by atoms with Gasteiger partial charge in [0.1, 0.15) is 6.10 Å². The average molecular weight is 625 g/mol. The van der Waals surface area contributed by atoms with Gasteiger partial charge >= 0.3 is 6.03 Å². The lowest BCUT2D eigenvalue weighted by Crippen LogP contribution is -2.50. The fourth-order valence-corrected chi connectivity index (χ4v) is 6.07. The number of ether oxygens (including phenoxy) is 3. The van der Waals surface area contributed by atoms with Gasteiger partial charge in [-0.2, -0.15) is 0 Å². The zero-order valence-corrected chi connectivity index (χ0v) is 25.8. The summed E-state index contributed by atoms with van der Waals surface area (Å²) in [7, 11) is -2.42.